The lowest BCUT2D eigenvalue weighted by Gasteiger charge is -2.07. The maximum atomic E-state index is 13.5. The first-order valence-corrected chi connectivity index (χ1v) is 6.48. The Morgan fingerprint density at radius 1 is 1.00 bits per heavy atom. The van der Waals surface area contributed by atoms with Crippen LogP contribution in [0.2, 0.25) is 5.02 Å². The zero-order valence-corrected chi connectivity index (χ0v) is 11.6. The van der Waals surface area contributed by atoms with Crippen LogP contribution in [0.15, 0.2) is 36.4 Å². The van der Waals surface area contributed by atoms with Crippen molar-refractivity contribution in [1.82, 2.24) is 5.32 Å². The van der Waals surface area contributed by atoms with Crippen LogP contribution in [0.4, 0.5) is 13.2 Å². The summed E-state index contributed by atoms with van der Waals surface area (Å²) in [5, 5.41) is 2.77. The molecule has 1 N–H and O–H groups in total. The lowest BCUT2D eigenvalue weighted by atomic mass is 10.1. The Labute approximate surface area is 124 Å². The van der Waals surface area contributed by atoms with Crippen LogP contribution in [0, 0.1) is 17.5 Å². The Kier molecular flexibility index (Phi) is 4.85. The number of amides is 1. The summed E-state index contributed by atoms with van der Waals surface area (Å²) in [5.74, 6) is -2.92. The molecule has 0 aliphatic rings. The van der Waals surface area contributed by atoms with E-state index in [2.05, 4.69) is 5.32 Å². The van der Waals surface area contributed by atoms with E-state index in [0.29, 0.717) is 5.56 Å². The average molecular weight is 314 g/mol. The molecule has 0 bridgehead atoms. The van der Waals surface area contributed by atoms with Crippen molar-refractivity contribution in [2.45, 2.75) is 13.0 Å². The van der Waals surface area contributed by atoms with Gasteiger partial charge in [0, 0.05) is 17.1 Å². The first-order chi connectivity index (χ1) is 9.95. The summed E-state index contributed by atoms with van der Waals surface area (Å²) in [6.45, 7) is -0.00842. The van der Waals surface area contributed by atoms with Gasteiger partial charge in [0.2, 0.25) is 5.91 Å². The molecule has 0 saturated carbocycles. The topological polar surface area (TPSA) is 29.1 Å². The van der Waals surface area contributed by atoms with E-state index in [-0.39, 0.29) is 23.6 Å². The zero-order chi connectivity index (χ0) is 15.4. The van der Waals surface area contributed by atoms with Crippen LogP contribution >= 0.6 is 11.6 Å². The van der Waals surface area contributed by atoms with Crippen LogP contribution < -0.4 is 5.32 Å². The van der Waals surface area contributed by atoms with Crippen LogP contribution in [0.5, 0.6) is 0 Å². The Morgan fingerprint density at radius 3 is 2.43 bits per heavy atom. The van der Waals surface area contributed by atoms with E-state index >= 15 is 0 Å². The quantitative estimate of drug-likeness (QED) is 0.918. The highest BCUT2D eigenvalue weighted by atomic mass is 35.5. The first kappa shape index (κ1) is 15.4. The number of hydrogen-bond donors (Lipinski definition) is 1. The molecule has 0 spiro atoms. The monoisotopic (exact) mass is 313 g/mol. The molecule has 0 heterocycles. The second kappa shape index (κ2) is 6.63. The number of carbonyl (C=O) groups excluding carboxylic acids is 1. The molecule has 21 heavy (non-hydrogen) atoms. The van der Waals surface area contributed by atoms with Crippen molar-refractivity contribution in [1.29, 1.82) is 0 Å². The molecule has 0 aliphatic carbocycles. The molecule has 2 rings (SSSR count). The van der Waals surface area contributed by atoms with Crippen molar-refractivity contribution >= 4 is 17.5 Å². The minimum atomic E-state index is -1.01. The summed E-state index contributed by atoms with van der Waals surface area (Å²) in [5.41, 5.74) is 0.626. The van der Waals surface area contributed by atoms with Gasteiger partial charge >= 0.3 is 0 Å². The molecule has 0 saturated heterocycles. The van der Waals surface area contributed by atoms with Crippen molar-refractivity contribution in [3.8, 4) is 0 Å². The maximum Gasteiger partial charge on any atom is 0.224 e. The fraction of sp³-hybridized carbons (Fsp3) is 0.133. The van der Waals surface area contributed by atoms with E-state index in [1.165, 1.54) is 18.2 Å². The summed E-state index contributed by atoms with van der Waals surface area (Å²) in [6, 6.07) is 7.37. The largest absolute Gasteiger partial charge is 0.352 e. The normalized spacial score (nSPS) is 10.5. The van der Waals surface area contributed by atoms with Gasteiger partial charge in [0.15, 0.2) is 11.6 Å². The molecule has 0 aromatic heterocycles. The van der Waals surface area contributed by atoms with Gasteiger partial charge in [-0.2, -0.15) is 0 Å². The van der Waals surface area contributed by atoms with Gasteiger partial charge in [-0.25, -0.2) is 13.2 Å². The van der Waals surface area contributed by atoms with Crippen molar-refractivity contribution in [2.24, 2.45) is 0 Å². The molecule has 0 atom stereocenters. The molecular weight excluding hydrogens is 303 g/mol. The third-order valence-corrected chi connectivity index (χ3v) is 3.07. The molecule has 1 amide bonds. The van der Waals surface area contributed by atoms with Gasteiger partial charge in [0.05, 0.1) is 6.42 Å². The standard InChI is InChI=1S/C15H11ClF3NO/c16-11-3-2-10(13(18)7-11)8-20-15(21)6-9-1-4-12(17)14(19)5-9/h1-5,7H,6,8H2,(H,20,21). The van der Waals surface area contributed by atoms with Gasteiger partial charge in [0.25, 0.3) is 0 Å². The van der Waals surface area contributed by atoms with Crippen molar-refractivity contribution in [3.63, 3.8) is 0 Å². The molecule has 2 aromatic rings. The van der Waals surface area contributed by atoms with Crippen molar-refractivity contribution in [3.05, 3.63) is 70.0 Å². The highest BCUT2D eigenvalue weighted by Crippen LogP contribution is 2.14. The van der Waals surface area contributed by atoms with E-state index in [1.807, 2.05) is 0 Å². The number of carbonyl (C=O) groups is 1. The van der Waals surface area contributed by atoms with E-state index < -0.39 is 23.4 Å². The second-order valence-electron chi connectivity index (χ2n) is 4.44. The number of halogens is 4. The van der Waals surface area contributed by atoms with Gasteiger partial charge in [-0.1, -0.05) is 23.7 Å². The SMILES string of the molecule is O=C(Cc1ccc(F)c(F)c1)NCc1ccc(Cl)cc1F. The number of rotatable bonds is 4. The average Bonchev–Trinajstić information content (AvgIpc) is 2.42. The molecule has 0 unspecified atom stereocenters. The molecule has 6 heteroatoms. The van der Waals surface area contributed by atoms with Crippen LogP contribution in [0.3, 0.4) is 0 Å². The lowest BCUT2D eigenvalue weighted by Crippen LogP contribution is -2.25. The Balaban J connectivity index is 1.94. The Hall–Kier alpha value is -2.01. The molecule has 0 radical (unpaired) electrons. The highest BCUT2D eigenvalue weighted by Gasteiger charge is 2.09. The summed E-state index contributed by atoms with van der Waals surface area (Å²) in [6.07, 6.45) is -0.119. The van der Waals surface area contributed by atoms with Gasteiger partial charge in [0.1, 0.15) is 5.82 Å². The minimum Gasteiger partial charge on any atom is -0.352 e. The third-order valence-electron chi connectivity index (χ3n) is 2.84. The summed E-state index contributed by atoms with van der Waals surface area (Å²) in [7, 11) is 0. The number of benzene rings is 2. The fourth-order valence-electron chi connectivity index (χ4n) is 1.76. The summed E-state index contributed by atoms with van der Waals surface area (Å²) >= 11 is 5.62. The van der Waals surface area contributed by atoms with E-state index in [1.54, 1.807) is 0 Å². The molecular formula is C15H11ClF3NO. The Bertz CT molecular complexity index is 676. The van der Waals surface area contributed by atoms with Crippen molar-refractivity contribution in [2.75, 3.05) is 0 Å². The molecule has 110 valence electrons. The van der Waals surface area contributed by atoms with Crippen LogP contribution in [-0.2, 0) is 17.8 Å². The zero-order valence-electron chi connectivity index (χ0n) is 10.8. The van der Waals surface area contributed by atoms with Crippen LogP contribution in [-0.4, -0.2) is 5.91 Å². The summed E-state index contributed by atoms with van der Waals surface area (Å²) in [4.78, 5) is 11.7. The summed E-state index contributed by atoms with van der Waals surface area (Å²) < 4.78 is 39.3. The van der Waals surface area contributed by atoms with Gasteiger partial charge in [-0.05, 0) is 29.8 Å². The van der Waals surface area contributed by atoms with Crippen LogP contribution in [0.1, 0.15) is 11.1 Å². The smallest absolute Gasteiger partial charge is 0.224 e. The second-order valence-corrected chi connectivity index (χ2v) is 4.87. The lowest BCUT2D eigenvalue weighted by molar-refractivity contribution is -0.120. The van der Waals surface area contributed by atoms with E-state index in [4.69, 9.17) is 11.6 Å². The third kappa shape index (κ3) is 4.23. The number of nitrogens with one attached hydrogen (secondary N) is 1. The first-order valence-electron chi connectivity index (χ1n) is 6.10. The predicted octanol–water partition coefficient (Wildman–Crippen LogP) is 3.62. The minimum absolute atomic E-state index is 0.00842. The Morgan fingerprint density at radius 2 is 1.76 bits per heavy atom. The molecule has 2 nitrogen and oxygen atoms in total. The molecule has 2 aromatic carbocycles. The van der Waals surface area contributed by atoms with Crippen LogP contribution in [0.25, 0.3) is 0 Å². The maximum absolute atomic E-state index is 13.5. The molecule has 0 aliphatic heterocycles. The van der Waals surface area contributed by atoms with E-state index in [0.717, 1.165) is 18.2 Å². The van der Waals surface area contributed by atoms with Gasteiger partial charge in [-0.3, -0.25) is 4.79 Å². The van der Waals surface area contributed by atoms with Gasteiger partial charge < -0.3 is 5.32 Å². The highest BCUT2D eigenvalue weighted by molar-refractivity contribution is 6.30. The molecule has 0 fully saturated rings. The number of hydrogen-bond acceptors (Lipinski definition) is 1. The predicted molar refractivity (Wildman–Crippen MR) is 73.3 cm³/mol. The van der Waals surface area contributed by atoms with Gasteiger partial charge in [-0.15, -0.1) is 0 Å². The van der Waals surface area contributed by atoms with Crippen molar-refractivity contribution < 1.29 is 18.0 Å². The van der Waals surface area contributed by atoms with E-state index in [9.17, 15) is 18.0 Å². The fourth-order valence-corrected chi connectivity index (χ4v) is 1.92.